The normalized spacial score (nSPS) is 11.6. The first-order valence-corrected chi connectivity index (χ1v) is 8.62. The topological polar surface area (TPSA) is 93.7 Å². The van der Waals surface area contributed by atoms with Gasteiger partial charge in [-0.05, 0) is 30.0 Å². The fourth-order valence-corrected chi connectivity index (χ4v) is 2.35. The molecule has 1 unspecified atom stereocenters. The van der Waals surface area contributed by atoms with E-state index in [-0.39, 0.29) is 30.6 Å². The maximum absolute atomic E-state index is 12.0. The molecule has 1 atom stereocenters. The summed E-state index contributed by atoms with van der Waals surface area (Å²) in [5.41, 5.74) is 0.936. The molecule has 0 aliphatic carbocycles. The highest BCUT2D eigenvalue weighted by Gasteiger charge is 2.22. The van der Waals surface area contributed by atoms with Gasteiger partial charge in [0.05, 0.1) is 14.2 Å². The Labute approximate surface area is 154 Å². The van der Waals surface area contributed by atoms with Crippen LogP contribution in [-0.4, -0.2) is 38.0 Å². The summed E-state index contributed by atoms with van der Waals surface area (Å²) >= 11 is 0. The molecule has 1 aromatic rings. The molecule has 2 amide bonds. The number of hydrogen-bond donors (Lipinski definition) is 2. The number of nitrogens with one attached hydrogen (secondary N) is 2. The average molecular weight is 364 g/mol. The molecule has 1 aromatic carbocycles. The zero-order valence-electron chi connectivity index (χ0n) is 15.8. The van der Waals surface area contributed by atoms with Gasteiger partial charge >= 0.3 is 5.97 Å². The van der Waals surface area contributed by atoms with Crippen molar-refractivity contribution in [2.24, 2.45) is 5.92 Å². The van der Waals surface area contributed by atoms with Crippen molar-refractivity contribution in [3.63, 3.8) is 0 Å². The quantitative estimate of drug-likeness (QED) is 0.618. The Morgan fingerprint density at radius 2 is 1.62 bits per heavy atom. The molecule has 26 heavy (non-hydrogen) atoms. The van der Waals surface area contributed by atoms with Crippen LogP contribution in [0.2, 0.25) is 0 Å². The summed E-state index contributed by atoms with van der Waals surface area (Å²) < 4.78 is 9.78. The summed E-state index contributed by atoms with van der Waals surface area (Å²) in [5, 5.41) is 5.39. The Morgan fingerprint density at radius 1 is 1.00 bits per heavy atom. The molecule has 144 valence electrons. The molecule has 0 saturated carbocycles. The molecule has 1 rings (SSSR count). The van der Waals surface area contributed by atoms with Crippen LogP contribution in [0.15, 0.2) is 24.3 Å². The molecule has 0 bridgehead atoms. The fourth-order valence-electron chi connectivity index (χ4n) is 2.35. The van der Waals surface area contributed by atoms with Crippen molar-refractivity contribution < 1.29 is 23.9 Å². The molecule has 0 aliphatic rings. The number of ether oxygens (including phenoxy) is 2. The minimum Gasteiger partial charge on any atom is -0.497 e. The van der Waals surface area contributed by atoms with Crippen LogP contribution in [-0.2, 0) is 25.7 Å². The van der Waals surface area contributed by atoms with Crippen LogP contribution in [0.25, 0.3) is 0 Å². The highest BCUT2D eigenvalue weighted by atomic mass is 16.5. The zero-order chi connectivity index (χ0) is 19.5. The van der Waals surface area contributed by atoms with Crippen LogP contribution in [0.4, 0.5) is 0 Å². The molecule has 0 aromatic heterocycles. The molecular formula is C19H28N2O5. The highest BCUT2D eigenvalue weighted by Crippen LogP contribution is 2.11. The number of carbonyl (C=O) groups is 3. The number of methoxy groups -OCH3 is 2. The predicted octanol–water partition coefficient (Wildman–Crippen LogP) is 1.80. The smallest absolute Gasteiger partial charge is 0.328 e. The summed E-state index contributed by atoms with van der Waals surface area (Å²) in [4.78, 5) is 35.6. The maximum atomic E-state index is 12.0. The van der Waals surface area contributed by atoms with Crippen LogP contribution in [0.1, 0.15) is 38.7 Å². The third kappa shape index (κ3) is 8.00. The van der Waals surface area contributed by atoms with E-state index in [4.69, 9.17) is 9.47 Å². The van der Waals surface area contributed by atoms with Gasteiger partial charge in [0.1, 0.15) is 11.8 Å². The lowest BCUT2D eigenvalue weighted by Crippen LogP contribution is -2.42. The van der Waals surface area contributed by atoms with Crippen molar-refractivity contribution >= 4 is 17.8 Å². The van der Waals surface area contributed by atoms with Gasteiger partial charge in [-0.2, -0.15) is 0 Å². The summed E-state index contributed by atoms with van der Waals surface area (Å²) in [5.74, 6) is -0.0726. The van der Waals surface area contributed by atoms with E-state index < -0.39 is 12.0 Å². The fraction of sp³-hybridized carbons (Fsp3) is 0.526. The van der Waals surface area contributed by atoms with Gasteiger partial charge in [-0.25, -0.2) is 4.79 Å². The first-order valence-electron chi connectivity index (χ1n) is 8.62. The molecular weight excluding hydrogens is 336 g/mol. The van der Waals surface area contributed by atoms with E-state index in [2.05, 4.69) is 10.6 Å². The third-order valence-electron chi connectivity index (χ3n) is 3.76. The van der Waals surface area contributed by atoms with Gasteiger partial charge in [0.25, 0.3) is 0 Å². The summed E-state index contributed by atoms with van der Waals surface area (Å²) in [7, 11) is 2.88. The van der Waals surface area contributed by atoms with Gasteiger partial charge < -0.3 is 20.1 Å². The second-order valence-corrected chi connectivity index (χ2v) is 6.40. The Balaban J connectivity index is 2.37. The summed E-state index contributed by atoms with van der Waals surface area (Å²) in [6.45, 7) is 4.28. The van der Waals surface area contributed by atoms with Crippen LogP contribution in [0.5, 0.6) is 5.75 Å². The van der Waals surface area contributed by atoms with Gasteiger partial charge in [0.2, 0.25) is 11.8 Å². The second kappa shape index (κ2) is 11.1. The van der Waals surface area contributed by atoms with Crippen LogP contribution < -0.4 is 15.4 Å². The van der Waals surface area contributed by atoms with E-state index in [0.717, 1.165) is 11.3 Å². The Hall–Kier alpha value is -2.57. The first-order chi connectivity index (χ1) is 12.3. The lowest BCUT2D eigenvalue weighted by Gasteiger charge is -2.18. The van der Waals surface area contributed by atoms with Gasteiger partial charge in [-0.3, -0.25) is 9.59 Å². The van der Waals surface area contributed by atoms with Gasteiger partial charge in [0.15, 0.2) is 0 Å². The van der Waals surface area contributed by atoms with E-state index in [0.29, 0.717) is 13.0 Å². The van der Waals surface area contributed by atoms with Gasteiger partial charge in [-0.1, -0.05) is 26.0 Å². The van der Waals surface area contributed by atoms with E-state index in [1.807, 2.05) is 38.1 Å². The van der Waals surface area contributed by atoms with Crippen molar-refractivity contribution in [2.75, 3.05) is 14.2 Å². The highest BCUT2D eigenvalue weighted by molar-refractivity contribution is 5.87. The predicted molar refractivity (Wildman–Crippen MR) is 97.5 cm³/mol. The Kier molecular flexibility index (Phi) is 9.19. The molecule has 7 nitrogen and oxygen atoms in total. The number of esters is 1. The molecule has 7 heteroatoms. The lowest BCUT2D eigenvalue weighted by atomic mass is 10.0. The molecule has 0 spiro atoms. The molecule has 0 radical (unpaired) electrons. The zero-order valence-corrected chi connectivity index (χ0v) is 15.8. The summed E-state index contributed by atoms with van der Waals surface area (Å²) in [6, 6.07) is 6.67. The van der Waals surface area contributed by atoms with Crippen LogP contribution >= 0.6 is 0 Å². The van der Waals surface area contributed by atoms with Crippen LogP contribution in [0, 0.1) is 5.92 Å². The molecule has 0 aliphatic heterocycles. The Morgan fingerprint density at radius 3 is 2.15 bits per heavy atom. The number of rotatable bonds is 10. The average Bonchev–Trinajstić information content (AvgIpc) is 2.63. The maximum Gasteiger partial charge on any atom is 0.328 e. The number of amides is 2. The first kappa shape index (κ1) is 21.5. The molecule has 0 saturated heterocycles. The SMILES string of the molecule is COC(=O)C(CC(C)C)NC(=O)CCC(=O)NCc1ccc(OC)cc1. The third-order valence-corrected chi connectivity index (χ3v) is 3.76. The van der Waals surface area contributed by atoms with E-state index in [1.165, 1.54) is 7.11 Å². The monoisotopic (exact) mass is 364 g/mol. The lowest BCUT2D eigenvalue weighted by molar-refractivity contribution is -0.145. The minimum absolute atomic E-state index is 0.0139. The number of benzene rings is 1. The second-order valence-electron chi connectivity index (χ2n) is 6.40. The van der Waals surface area contributed by atoms with Crippen LogP contribution in [0.3, 0.4) is 0 Å². The van der Waals surface area contributed by atoms with Crippen molar-refractivity contribution in [3.8, 4) is 5.75 Å². The number of carbonyl (C=O) groups excluding carboxylic acids is 3. The van der Waals surface area contributed by atoms with Gasteiger partial charge in [-0.15, -0.1) is 0 Å². The minimum atomic E-state index is -0.685. The molecule has 0 fully saturated rings. The summed E-state index contributed by atoms with van der Waals surface area (Å²) in [6.07, 6.45) is 0.555. The number of hydrogen-bond acceptors (Lipinski definition) is 5. The van der Waals surface area contributed by atoms with E-state index in [9.17, 15) is 14.4 Å². The van der Waals surface area contributed by atoms with Gasteiger partial charge in [0, 0.05) is 19.4 Å². The molecule has 2 N–H and O–H groups in total. The standard InChI is InChI=1S/C19H28N2O5/c1-13(2)11-16(19(24)26-4)21-18(23)10-9-17(22)20-12-14-5-7-15(25-3)8-6-14/h5-8,13,16H,9-12H2,1-4H3,(H,20,22)(H,21,23). The van der Waals surface area contributed by atoms with Crippen molar-refractivity contribution in [1.82, 2.24) is 10.6 Å². The van der Waals surface area contributed by atoms with Crippen molar-refractivity contribution in [1.29, 1.82) is 0 Å². The Bertz CT molecular complexity index is 598. The largest absolute Gasteiger partial charge is 0.497 e. The van der Waals surface area contributed by atoms with E-state index >= 15 is 0 Å². The van der Waals surface area contributed by atoms with Crippen molar-refractivity contribution in [2.45, 2.75) is 45.7 Å². The molecule has 0 heterocycles. The van der Waals surface area contributed by atoms with Crippen molar-refractivity contribution in [3.05, 3.63) is 29.8 Å². The van der Waals surface area contributed by atoms with E-state index in [1.54, 1.807) is 7.11 Å².